The molecule has 4 nitrogen and oxygen atoms in total. The van der Waals surface area contributed by atoms with Gasteiger partial charge in [-0.15, -0.1) is 0 Å². The predicted molar refractivity (Wildman–Crippen MR) is 62.2 cm³/mol. The predicted octanol–water partition coefficient (Wildman–Crippen LogP) is 1.06. The molecule has 0 aliphatic carbocycles. The van der Waals surface area contributed by atoms with Crippen LogP contribution in [0.1, 0.15) is 26.7 Å². The van der Waals surface area contributed by atoms with Crippen molar-refractivity contribution in [3.8, 4) is 0 Å². The van der Waals surface area contributed by atoms with Crippen LogP contribution in [0.25, 0.3) is 0 Å². The largest absolute Gasteiger partial charge is 0.387 e. The number of likely N-dealkylation sites (tertiary alicyclic amines) is 1. The molecule has 0 bridgehead atoms. The number of methoxy groups -OCH3 is 1. The number of nitrogens with zero attached hydrogens (tertiary/aromatic N) is 1. The van der Waals surface area contributed by atoms with E-state index in [1.165, 1.54) is 0 Å². The Morgan fingerprint density at radius 1 is 1.67 bits per heavy atom. The first-order valence-corrected chi connectivity index (χ1v) is 5.58. The molecular weight excluding hydrogens is 190 g/mol. The summed E-state index contributed by atoms with van der Waals surface area (Å²) < 4.78 is 5.52. The first kappa shape index (κ1) is 12.5. The van der Waals surface area contributed by atoms with E-state index < -0.39 is 0 Å². The minimum Gasteiger partial charge on any atom is -0.387 e. The average Bonchev–Trinajstić information content (AvgIpc) is 2.18. The van der Waals surface area contributed by atoms with Gasteiger partial charge in [-0.1, -0.05) is 6.92 Å². The van der Waals surface area contributed by atoms with Crippen LogP contribution in [0, 0.1) is 11.3 Å². The number of nitrogens with two attached hydrogens (primary N) is 1. The molecule has 2 unspecified atom stereocenters. The fourth-order valence-corrected chi connectivity index (χ4v) is 2.12. The van der Waals surface area contributed by atoms with Gasteiger partial charge in [0.25, 0.3) is 0 Å². The van der Waals surface area contributed by atoms with E-state index in [1.54, 1.807) is 7.11 Å². The van der Waals surface area contributed by atoms with E-state index in [-0.39, 0.29) is 17.4 Å². The number of hydrogen-bond donors (Lipinski definition) is 2. The summed E-state index contributed by atoms with van der Waals surface area (Å²) in [6.07, 6.45) is 2.28. The number of nitrogens with one attached hydrogen (secondary N) is 1. The van der Waals surface area contributed by atoms with Crippen molar-refractivity contribution in [2.75, 3.05) is 26.7 Å². The summed E-state index contributed by atoms with van der Waals surface area (Å²) in [6, 6.07) is 0. The van der Waals surface area contributed by atoms with Crippen molar-refractivity contribution in [3.63, 3.8) is 0 Å². The van der Waals surface area contributed by atoms with Crippen LogP contribution < -0.4 is 5.73 Å². The van der Waals surface area contributed by atoms with Crippen molar-refractivity contribution in [2.45, 2.75) is 32.3 Å². The highest BCUT2D eigenvalue weighted by Gasteiger charge is 2.31. The molecule has 1 aliphatic heterocycles. The summed E-state index contributed by atoms with van der Waals surface area (Å²) in [6.45, 7) is 7.06. The van der Waals surface area contributed by atoms with Crippen LogP contribution in [0.2, 0.25) is 0 Å². The van der Waals surface area contributed by atoms with Crippen LogP contribution in [0.15, 0.2) is 0 Å². The van der Waals surface area contributed by atoms with Gasteiger partial charge in [-0.3, -0.25) is 10.3 Å². The molecule has 0 radical (unpaired) electrons. The third kappa shape index (κ3) is 3.47. The monoisotopic (exact) mass is 213 g/mol. The lowest BCUT2D eigenvalue weighted by atomic mass is 9.94. The molecule has 2 atom stereocenters. The second kappa shape index (κ2) is 4.94. The van der Waals surface area contributed by atoms with Crippen molar-refractivity contribution in [1.82, 2.24) is 4.90 Å². The zero-order valence-electron chi connectivity index (χ0n) is 10.0. The number of rotatable bonds is 4. The summed E-state index contributed by atoms with van der Waals surface area (Å²) in [7, 11) is 1.78. The third-order valence-corrected chi connectivity index (χ3v) is 3.29. The molecule has 1 saturated heterocycles. The van der Waals surface area contributed by atoms with Crippen molar-refractivity contribution < 1.29 is 4.74 Å². The van der Waals surface area contributed by atoms with Gasteiger partial charge in [0.05, 0.1) is 11.4 Å². The summed E-state index contributed by atoms with van der Waals surface area (Å²) in [4.78, 5) is 2.35. The molecule has 1 heterocycles. The van der Waals surface area contributed by atoms with Crippen LogP contribution in [0.3, 0.4) is 0 Å². The second-order valence-electron chi connectivity index (χ2n) is 4.85. The molecule has 3 N–H and O–H groups in total. The van der Waals surface area contributed by atoms with Crippen LogP contribution in [-0.4, -0.2) is 43.1 Å². The second-order valence-corrected chi connectivity index (χ2v) is 4.85. The van der Waals surface area contributed by atoms with Gasteiger partial charge in [-0.25, -0.2) is 0 Å². The SMILES string of the molecule is COC1(C)CCCN(CC(C)C(=N)N)C1. The minimum atomic E-state index is -0.0191. The van der Waals surface area contributed by atoms with E-state index in [1.807, 2.05) is 6.92 Å². The van der Waals surface area contributed by atoms with Gasteiger partial charge in [0.2, 0.25) is 0 Å². The molecule has 0 aromatic heterocycles. The molecular formula is C11H23N3O. The Hall–Kier alpha value is -0.610. The Morgan fingerprint density at radius 3 is 2.87 bits per heavy atom. The Labute approximate surface area is 92.3 Å². The van der Waals surface area contributed by atoms with E-state index in [9.17, 15) is 0 Å². The zero-order valence-corrected chi connectivity index (χ0v) is 10.0. The molecule has 4 heteroatoms. The maximum Gasteiger partial charge on any atom is 0.0947 e. The molecule has 0 aromatic carbocycles. The molecule has 88 valence electrons. The molecule has 1 rings (SSSR count). The maximum atomic E-state index is 7.38. The average molecular weight is 213 g/mol. The maximum absolute atomic E-state index is 7.38. The minimum absolute atomic E-state index is 0.0191. The highest BCUT2D eigenvalue weighted by molar-refractivity contribution is 5.79. The molecule has 0 spiro atoms. The fraction of sp³-hybridized carbons (Fsp3) is 0.909. The highest BCUT2D eigenvalue weighted by Crippen LogP contribution is 2.24. The topological polar surface area (TPSA) is 62.3 Å². The summed E-state index contributed by atoms with van der Waals surface area (Å²) in [5.74, 6) is 0.420. The van der Waals surface area contributed by atoms with Crippen molar-refractivity contribution in [3.05, 3.63) is 0 Å². The molecule has 1 fully saturated rings. The van der Waals surface area contributed by atoms with Crippen molar-refractivity contribution in [2.24, 2.45) is 11.7 Å². The standard InChI is InChI=1S/C11H23N3O/c1-9(10(12)13)7-14-6-4-5-11(2,8-14)15-3/h9H,4-8H2,1-3H3,(H3,12,13). The lowest BCUT2D eigenvalue weighted by molar-refractivity contribution is -0.0518. The van der Waals surface area contributed by atoms with Gasteiger partial charge in [0.15, 0.2) is 0 Å². The van der Waals surface area contributed by atoms with E-state index in [0.29, 0.717) is 0 Å². The van der Waals surface area contributed by atoms with Gasteiger partial charge in [-0.05, 0) is 26.3 Å². The van der Waals surface area contributed by atoms with Gasteiger partial charge < -0.3 is 10.5 Å². The lowest BCUT2D eigenvalue weighted by Gasteiger charge is -2.40. The molecule has 15 heavy (non-hydrogen) atoms. The van der Waals surface area contributed by atoms with E-state index in [2.05, 4.69) is 11.8 Å². The Balaban J connectivity index is 2.46. The Morgan fingerprint density at radius 2 is 2.33 bits per heavy atom. The van der Waals surface area contributed by atoms with Crippen LogP contribution in [0.5, 0.6) is 0 Å². The van der Waals surface area contributed by atoms with Gasteiger partial charge in [0, 0.05) is 26.1 Å². The number of hydrogen-bond acceptors (Lipinski definition) is 3. The summed E-state index contributed by atoms with van der Waals surface area (Å²) in [5.41, 5.74) is 5.46. The van der Waals surface area contributed by atoms with Gasteiger partial charge in [0.1, 0.15) is 0 Å². The van der Waals surface area contributed by atoms with Crippen LogP contribution in [-0.2, 0) is 4.74 Å². The molecule has 0 aromatic rings. The van der Waals surface area contributed by atoms with E-state index in [4.69, 9.17) is 15.9 Å². The fourth-order valence-electron chi connectivity index (χ4n) is 2.12. The van der Waals surface area contributed by atoms with Crippen LogP contribution >= 0.6 is 0 Å². The first-order chi connectivity index (χ1) is 6.97. The quantitative estimate of drug-likeness (QED) is 0.542. The Bertz CT molecular complexity index is 232. The van der Waals surface area contributed by atoms with Crippen molar-refractivity contribution >= 4 is 5.84 Å². The lowest BCUT2D eigenvalue weighted by Crippen LogP contribution is -2.49. The van der Waals surface area contributed by atoms with Crippen LogP contribution in [0.4, 0.5) is 0 Å². The number of piperidine rings is 1. The first-order valence-electron chi connectivity index (χ1n) is 5.58. The third-order valence-electron chi connectivity index (χ3n) is 3.29. The number of ether oxygens (including phenoxy) is 1. The van der Waals surface area contributed by atoms with E-state index >= 15 is 0 Å². The molecule has 1 aliphatic rings. The molecule has 0 amide bonds. The smallest absolute Gasteiger partial charge is 0.0947 e. The number of amidine groups is 1. The zero-order chi connectivity index (χ0) is 11.5. The van der Waals surface area contributed by atoms with Gasteiger partial charge >= 0.3 is 0 Å². The highest BCUT2D eigenvalue weighted by atomic mass is 16.5. The molecule has 0 saturated carbocycles. The summed E-state index contributed by atoms with van der Waals surface area (Å²) >= 11 is 0. The normalized spacial score (nSPS) is 30.1. The van der Waals surface area contributed by atoms with E-state index in [0.717, 1.165) is 32.5 Å². The summed E-state index contributed by atoms with van der Waals surface area (Å²) in [5, 5.41) is 7.38. The van der Waals surface area contributed by atoms with Crippen molar-refractivity contribution in [1.29, 1.82) is 5.41 Å². The Kier molecular flexibility index (Phi) is 4.11. The van der Waals surface area contributed by atoms with Gasteiger partial charge in [-0.2, -0.15) is 0 Å².